The Kier molecular flexibility index (Phi) is 4.14. The molecule has 1 aliphatic carbocycles. The molecule has 0 spiro atoms. The molecule has 0 bridgehead atoms. The molecule has 7 heteroatoms. The zero-order valence-electron chi connectivity index (χ0n) is 8.56. The van der Waals surface area contributed by atoms with E-state index in [4.69, 9.17) is 16.3 Å². The van der Waals surface area contributed by atoms with Crippen molar-refractivity contribution in [3.05, 3.63) is 23.5 Å². The first-order chi connectivity index (χ1) is 7.51. The zero-order chi connectivity index (χ0) is 12.3. The summed E-state index contributed by atoms with van der Waals surface area (Å²) in [6, 6.07) is 0. The van der Waals surface area contributed by atoms with Gasteiger partial charge in [-0.05, 0) is 6.08 Å². The van der Waals surface area contributed by atoms with Gasteiger partial charge in [-0.1, -0.05) is 0 Å². The number of hydrogen-bond donors (Lipinski definition) is 0. The molecule has 1 rings (SSSR count). The van der Waals surface area contributed by atoms with Crippen LogP contribution in [0.2, 0.25) is 0 Å². The summed E-state index contributed by atoms with van der Waals surface area (Å²) in [4.78, 5) is 11.2. The van der Waals surface area contributed by atoms with Crippen LogP contribution in [0.1, 0.15) is 0 Å². The SMILES string of the molecule is COC(=O)C1=CC(OC)=CC(=S(=O)=O)C1Cl. The Morgan fingerprint density at radius 2 is 2.00 bits per heavy atom. The number of allylic oxidation sites excluding steroid dienone is 2. The first-order valence-electron chi connectivity index (χ1n) is 4.17. The van der Waals surface area contributed by atoms with Gasteiger partial charge in [-0.15, -0.1) is 11.6 Å². The number of rotatable bonds is 2. The topological polar surface area (TPSA) is 69.7 Å². The largest absolute Gasteiger partial charge is 0.497 e. The molecule has 16 heavy (non-hydrogen) atoms. The van der Waals surface area contributed by atoms with E-state index >= 15 is 0 Å². The van der Waals surface area contributed by atoms with Crippen LogP contribution in [0.15, 0.2) is 23.5 Å². The van der Waals surface area contributed by atoms with Crippen LogP contribution in [-0.2, 0) is 24.6 Å². The van der Waals surface area contributed by atoms with Crippen LogP contribution in [0.5, 0.6) is 0 Å². The van der Waals surface area contributed by atoms with Crippen molar-refractivity contribution in [1.29, 1.82) is 0 Å². The van der Waals surface area contributed by atoms with Crippen molar-refractivity contribution < 1.29 is 22.7 Å². The van der Waals surface area contributed by atoms with Crippen molar-refractivity contribution in [1.82, 2.24) is 0 Å². The van der Waals surface area contributed by atoms with E-state index < -0.39 is 21.6 Å². The Morgan fingerprint density at radius 1 is 1.38 bits per heavy atom. The highest BCUT2D eigenvalue weighted by Crippen LogP contribution is 2.22. The van der Waals surface area contributed by atoms with Gasteiger partial charge >= 0.3 is 5.97 Å². The van der Waals surface area contributed by atoms with Crippen LogP contribution in [0, 0.1) is 0 Å². The van der Waals surface area contributed by atoms with E-state index in [1.165, 1.54) is 26.4 Å². The molecule has 0 aliphatic heterocycles. The fourth-order valence-electron chi connectivity index (χ4n) is 1.17. The summed E-state index contributed by atoms with van der Waals surface area (Å²) in [5, 5.41) is -1.05. The van der Waals surface area contributed by atoms with Crippen LogP contribution in [-0.4, -0.2) is 38.8 Å². The molecule has 0 saturated heterocycles. The van der Waals surface area contributed by atoms with Crippen molar-refractivity contribution in [3.8, 4) is 0 Å². The third-order valence-corrected chi connectivity index (χ3v) is 3.29. The summed E-state index contributed by atoms with van der Waals surface area (Å²) in [5.74, 6) is -0.456. The summed E-state index contributed by atoms with van der Waals surface area (Å²) >= 11 is 5.84. The molecule has 1 unspecified atom stereocenters. The molecular formula is C9H9ClO5S. The maximum absolute atomic E-state index is 11.3. The zero-order valence-corrected chi connectivity index (χ0v) is 10.1. The molecule has 0 N–H and O–H groups in total. The second-order valence-electron chi connectivity index (χ2n) is 2.84. The predicted octanol–water partition coefficient (Wildman–Crippen LogP) is 0.289. The lowest BCUT2D eigenvalue weighted by molar-refractivity contribution is -0.136. The van der Waals surface area contributed by atoms with Gasteiger partial charge in [-0.25, -0.2) is 4.79 Å². The molecule has 1 aliphatic rings. The maximum atomic E-state index is 11.3. The van der Waals surface area contributed by atoms with Gasteiger partial charge in [0.15, 0.2) is 0 Å². The lowest BCUT2D eigenvalue weighted by Gasteiger charge is -2.16. The molecule has 0 aromatic rings. The summed E-state index contributed by atoms with van der Waals surface area (Å²) in [6.07, 6.45) is 2.60. The van der Waals surface area contributed by atoms with E-state index in [9.17, 15) is 13.2 Å². The van der Waals surface area contributed by atoms with Crippen molar-refractivity contribution >= 4 is 32.7 Å². The van der Waals surface area contributed by atoms with Gasteiger partial charge < -0.3 is 9.47 Å². The van der Waals surface area contributed by atoms with E-state index in [0.29, 0.717) is 0 Å². The molecule has 1 atom stereocenters. The van der Waals surface area contributed by atoms with Crippen LogP contribution < -0.4 is 0 Å². The minimum Gasteiger partial charge on any atom is -0.497 e. The third kappa shape index (κ3) is 2.45. The Hall–Kier alpha value is -1.27. The summed E-state index contributed by atoms with van der Waals surface area (Å²) in [7, 11) is 0.0303. The fourth-order valence-corrected chi connectivity index (χ4v) is 2.11. The highest BCUT2D eigenvalue weighted by atomic mass is 35.5. The van der Waals surface area contributed by atoms with Crippen LogP contribution in [0.4, 0.5) is 0 Å². The van der Waals surface area contributed by atoms with E-state index in [2.05, 4.69) is 4.74 Å². The van der Waals surface area contributed by atoms with E-state index in [1.54, 1.807) is 0 Å². The first-order valence-corrected chi connectivity index (χ1v) is 5.68. The van der Waals surface area contributed by atoms with Gasteiger partial charge in [0.25, 0.3) is 0 Å². The maximum Gasteiger partial charge on any atom is 0.335 e. The minimum absolute atomic E-state index is 0.0303. The van der Waals surface area contributed by atoms with E-state index in [1.807, 2.05) is 0 Å². The van der Waals surface area contributed by atoms with Gasteiger partial charge in [-0.3, -0.25) is 0 Å². The summed E-state index contributed by atoms with van der Waals surface area (Å²) in [5.41, 5.74) is 0.0303. The predicted molar refractivity (Wildman–Crippen MR) is 58.8 cm³/mol. The molecule has 0 saturated carbocycles. The number of alkyl halides is 1. The van der Waals surface area contributed by atoms with Gasteiger partial charge in [0.2, 0.25) is 10.3 Å². The highest BCUT2D eigenvalue weighted by molar-refractivity contribution is 7.73. The number of methoxy groups -OCH3 is 2. The molecule has 0 fully saturated rings. The van der Waals surface area contributed by atoms with Gasteiger partial charge in [-0.2, -0.15) is 8.42 Å². The second-order valence-corrected chi connectivity index (χ2v) is 4.22. The second kappa shape index (κ2) is 5.18. The average Bonchev–Trinajstić information content (AvgIpc) is 2.28. The Bertz CT molecular complexity index is 492. The molecule has 0 aromatic carbocycles. The molecule has 0 radical (unpaired) electrons. The summed E-state index contributed by atoms with van der Waals surface area (Å²) in [6.45, 7) is 0. The number of carbonyl (C=O) groups excluding carboxylic acids is 1. The Balaban J connectivity index is 3.31. The lowest BCUT2D eigenvalue weighted by atomic mass is 10.0. The molecule has 0 amide bonds. The minimum atomic E-state index is -2.51. The Labute approximate surface area is 98.8 Å². The molecule has 0 heterocycles. The molecule has 0 aromatic heterocycles. The van der Waals surface area contributed by atoms with E-state index in [0.717, 1.165) is 0 Å². The van der Waals surface area contributed by atoms with Crippen LogP contribution >= 0.6 is 11.6 Å². The number of halogens is 1. The quantitative estimate of drug-likeness (QED) is 0.407. The summed E-state index contributed by atoms with van der Waals surface area (Å²) < 4.78 is 31.1. The standard InChI is InChI=1S/C9H9ClO5S/c1-14-5-3-6(9(11)15-2)8(10)7(4-5)16(12)13/h3-4,8H,1-2H3. The van der Waals surface area contributed by atoms with Crippen LogP contribution in [0.3, 0.4) is 0 Å². The smallest absolute Gasteiger partial charge is 0.335 e. The Morgan fingerprint density at radius 3 is 2.44 bits per heavy atom. The van der Waals surface area contributed by atoms with Gasteiger partial charge in [0, 0.05) is 6.08 Å². The monoisotopic (exact) mass is 264 g/mol. The highest BCUT2D eigenvalue weighted by Gasteiger charge is 2.28. The number of hydrogen-bond acceptors (Lipinski definition) is 5. The van der Waals surface area contributed by atoms with Crippen molar-refractivity contribution in [3.63, 3.8) is 0 Å². The van der Waals surface area contributed by atoms with Crippen molar-refractivity contribution in [2.75, 3.05) is 14.2 Å². The molecule has 88 valence electrons. The van der Waals surface area contributed by atoms with Gasteiger partial charge in [0.05, 0.1) is 24.7 Å². The lowest BCUT2D eigenvalue weighted by Crippen LogP contribution is -2.26. The number of carbonyl (C=O) groups is 1. The average molecular weight is 265 g/mol. The number of esters is 1. The molecule has 5 nitrogen and oxygen atoms in total. The fraction of sp³-hybridized carbons (Fsp3) is 0.333. The molecular weight excluding hydrogens is 256 g/mol. The van der Waals surface area contributed by atoms with Crippen LogP contribution in [0.25, 0.3) is 0 Å². The van der Waals surface area contributed by atoms with Crippen molar-refractivity contribution in [2.45, 2.75) is 5.38 Å². The van der Waals surface area contributed by atoms with E-state index in [-0.39, 0.29) is 16.2 Å². The third-order valence-electron chi connectivity index (χ3n) is 1.95. The van der Waals surface area contributed by atoms with Crippen molar-refractivity contribution in [2.24, 2.45) is 0 Å². The first kappa shape index (κ1) is 12.8. The van der Waals surface area contributed by atoms with Gasteiger partial charge in [0.1, 0.15) is 11.1 Å². The normalized spacial score (nSPS) is 19.7. The number of ether oxygens (including phenoxy) is 2.